The van der Waals surface area contributed by atoms with E-state index in [4.69, 9.17) is 15.7 Å². The summed E-state index contributed by atoms with van der Waals surface area (Å²) < 4.78 is 2.10. The average molecular weight is 488 g/mol. The molecule has 3 aromatic heterocycles. The maximum absolute atomic E-state index is 6.30. The highest BCUT2D eigenvalue weighted by atomic mass is 15.2. The first-order valence-corrected chi connectivity index (χ1v) is 12.9. The fourth-order valence-corrected chi connectivity index (χ4v) is 5.78. The number of piperazine rings is 1. The van der Waals surface area contributed by atoms with Crippen LogP contribution >= 0.6 is 0 Å². The van der Waals surface area contributed by atoms with Gasteiger partial charge >= 0.3 is 0 Å². The van der Waals surface area contributed by atoms with Crippen LogP contribution in [-0.4, -0.2) is 49.6 Å². The van der Waals surface area contributed by atoms with Crippen LogP contribution in [0.2, 0.25) is 0 Å². The number of imidazole rings is 1. The number of rotatable bonds is 5. The van der Waals surface area contributed by atoms with Gasteiger partial charge in [-0.2, -0.15) is 0 Å². The SMILES string of the molecule is Nc1ncccc1-c1nc2ccc(-c3ccccc3)nc2n1-c1ccc(CN2CC3CCC(C2)N3)cc1. The quantitative estimate of drug-likeness (QED) is 0.375. The number of anilines is 1. The maximum atomic E-state index is 6.30. The molecule has 0 aliphatic carbocycles. The van der Waals surface area contributed by atoms with Crippen molar-refractivity contribution in [2.24, 2.45) is 0 Å². The molecule has 7 heteroatoms. The normalized spacial score (nSPS) is 19.5. The molecule has 0 spiro atoms. The van der Waals surface area contributed by atoms with Crippen molar-refractivity contribution in [3.63, 3.8) is 0 Å². The zero-order valence-corrected chi connectivity index (χ0v) is 20.6. The molecule has 2 atom stereocenters. The highest BCUT2D eigenvalue weighted by molar-refractivity contribution is 5.84. The number of hydrogen-bond acceptors (Lipinski definition) is 6. The second-order valence-electron chi connectivity index (χ2n) is 10.1. The van der Waals surface area contributed by atoms with Gasteiger partial charge in [-0.05, 0) is 54.8 Å². The molecule has 37 heavy (non-hydrogen) atoms. The van der Waals surface area contributed by atoms with E-state index in [1.54, 1.807) is 6.20 Å². The van der Waals surface area contributed by atoms with Crippen LogP contribution in [0, 0.1) is 0 Å². The zero-order valence-electron chi connectivity index (χ0n) is 20.6. The second-order valence-corrected chi connectivity index (χ2v) is 10.1. The summed E-state index contributed by atoms with van der Waals surface area (Å²) in [5.41, 5.74) is 13.0. The molecule has 7 nitrogen and oxygen atoms in total. The number of nitrogens with zero attached hydrogens (tertiary/aromatic N) is 5. The molecule has 2 fully saturated rings. The third-order valence-electron chi connectivity index (χ3n) is 7.55. The molecular formula is C30H29N7. The Morgan fingerprint density at radius 1 is 0.838 bits per heavy atom. The first kappa shape index (κ1) is 22.2. The Hall–Kier alpha value is -4.07. The average Bonchev–Trinajstić information content (AvgIpc) is 3.48. The molecule has 0 radical (unpaired) electrons. The van der Waals surface area contributed by atoms with Crippen molar-refractivity contribution < 1.29 is 0 Å². The van der Waals surface area contributed by atoms with Crippen molar-refractivity contribution in [1.82, 2.24) is 29.7 Å². The number of fused-ring (bicyclic) bond motifs is 3. The van der Waals surface area contributed by atoms with E-state index in [1.807, 2.05) is 42.5 Å². The largest absolute Gasteiger partial charge is 0.383 e. The number of nitrogens with two attached hydrogens (primary N) is 1. The van der Waals surface area contributed by atoms with E-state index in [0.29, 0.717) is 17.9 Å². The molecule has 2 aromatic carbocycles. The Bertz CT molecular complexity index is 1550. The van der Waals surface area contributed by atoms with E-state index in [1.165, 1.54) is 18.4 Å². The van der Waals surface area contributed by atoms with E-state index >= 15 is 0 Å². The van der Waals surface area contributed by atoms with Gasteiger partial charge in [0.2, 0.25) is 0 Å². The summed E-state index contributed by atoms with van der Waals surface area (Å²) in [6, 6.07) is 28.2. The van der Waals surface area contributed by atoms with E-state index in [-0.39, 0.29) is 0 Å². The first-order valence-electron chi connectivity index (χ1n) is 12.9. The Balaban J connectivity index is 1.30. The van der Waals surface area contributed by atoms with Crippen LogP contribution in [0.25, 0.3) is 39.5 Å². The predicted molar refractivity (Wildman–Crippen MR) is 147 cm³/mol. The van der Waals surface area contributed by atoms with Gasteiger partial charge in [0.1, 0.15) is 11.3 Å². The van der Waals surface area contributed by atoms with E-state index < -0.39 is 0 Å². The highest BCUT2D eigenvalue weighted by Crippen LogP contribution is 2.32. The Labute approximate surface area is 216 Å². The molecule has 3 N–H and O–H groups in total. The van der Waals surface area contributed by atoms with Gasteiger partial charge in [-0.15, -0.1) is 0 Å². The zero-order chi connectivity index (χ0) is 24.8. The first-order chi connectivity index (χ1) is 18.2. The van der Waals surface area contributed by atoms with Crippen LogP contribution in [0.1, 0.15) is 18.4 Å². The van der Waals surface area contributed by atoms with Gasteiger partial charge in [-0.25, -0.2) is 15.0 Å². The molecule has 2 unspecified atom stereocenters. The Kier molecular flexibility index (Phi) is 5.45. The van der Waals surface area contributed by atoms with Gasteiger partial charge in [-0.1, -0.05) is 42.5 Å². The summed E-state index contributed by atoms with van der Waals surface area (Å²) in [5.74, 6) is 1.19. The lowest BCUT2D eigenvalue weighted by atomic mass is 10.1. The topological polar surface area (TPSA) is 84.9 Å². The van der Waals surface area contributed by atoms with Crippen LogP contribution in [0.15, 0.2) is 85.1 Å². The fraction of sp³-hybridized carbons (Fsp3) is 0.233. The highest BCUT2D eigenvalue weighted by Gasteiger charge is 2.31. The molecule has 184 valence electrons. The van der Waals surface area contributed by atoms with Gasteiger partial charge < -0.3 is 11.1 Å². The molecule has 5 aromatic rings. The van der Waals surface area contributed by atoms with Crippen molar-refractivity contribution in [3.8, 4) is 28.3 Å². The third kappa shape index (κ3) is 4.16. The van der Waals surface area contributed by atoms with E-state index in [9.17, 15) is 0 Å². The third-order valence-corrected chi connectivity index (χ3v) is 7.55. The summed E-state index contributed by atoms with van der Waals surface area (Å²) >= 11 is 0. The number of nitrogens with one attached hydrogen (secondary N) is 1. The van der Waals surface area contributed by atoms with Crippen LogP contribution in [0.4, 0.5) is 5.82 Å². The van der Waals surface area contributed by atoms with Crippen LogP contribution < -0.4 is 11.1 Å². The number of pyridine rings is 2. The van der Waals surface area contributed by atoms with Crippen LogP contribution in [0.5, 0.6) is 0 Å². The lowest BCUT2D eigenvalue weighted by Crippen LogP contribution is -2.50. The predicted octanol–water partition coefficient (Wildman–Crippen LogP) is 4.67. The lowest BCUT2D eigenvalue weighted by Gasteiger charge is -2.32. The number of benzene rings is 2. The van der Waals surface area contributed by atoms with E-state index in [0.717, 1.165) is 59.1 Å². The van der Waals surface area contributed by atoms with Crippen molar-refractivity contribution in [3.05, 3.63) is 90.6 Å². The molecule has 7 rings (SSSR count). The molecule has 0 saturated carbocycles. The van der Waals surface area contributed by atoms with Crippen LogP contribution in [0.3, 0.4) is 0 Å². The molecule has 2 saturated heterocycles. The summed E-state index contributed by atoms with van der Waals surface area (Å²) in [6.07, 6.45) is 4.30. The summed E-state index contributed by atoms with van der Waals surface area (Å²) in [4.78, 5) is 16.9. The molecule has 2 bridgehead atoms. The number of likely N-dealkylation sites (tertiary alicyclic amines) is 1. The molecular weight excluding hydrogens is 458 g/mol. The van der Waals surface area contributed by atoms with Gasteiger partial charge in [0, 0.05) is 49.2 Å². The van der Waals surface area contributed by atoms with Crippen molar-refractivity contribution in [1.29, 1.82) is 0 Å². The van der Waals surface area contributed by atoms with E-state index in [2.05, 4.69) is 56.2 Å². The van der Waals surface area contributed by atoms with Gasteiger partial charge in [0.05, 0.1) is 11.3 Å². The maximum Gasteiger partial charge on any atom is 0.165 e. The van der Waals surface area contributed by atoms with Gasteiger partial charge in [0.15, 0.2) is 11.5 Å². The monoisotopic (exact) mass is 487 g/mol. The van der Waals surface area contributed by atoms with Gasteiger partial charge in [0.25, 0.3) is 0 Å². The second kappa shape index (κ2) is 9.10. The standard InChI is InChI=1S/C30H29N7/c31-28-25(7-4-16-32-28)29-35-27-15-14-26(21-5-2-1-3-6-21)34-30(27)37(29)24-12-8-20(9-13-24)17-36-18-22-10-11-23(19-36)33-22/h1-9,12-16,22-23,33H,10-11,17-19H2,(H2,31,32). The number of hydrogen-bond donors (Lipinski definition) is 2. The lowest BCUT2D eigenvalue weighted by molar-refractivity contribution is 0.189. The number of aromatic nitrogens is 4. The Morgan fingerprint density at radius 3 is 2.38 bits per heavy atom. The Morgan fingerprint density at radius 2 is 1.62 bits per heavy atom. The van der Waals surface area contributed by atoms with Crippen molar-refractivity contribution in [2.45, 2.75) is 31.5 Å². The van der Waals surface area contributed by atoms with Crippen molar-refractivity contribution >= 4 is 17.0 Å². The number of nitrogen functional groups attached to an aromatic ring is 1. The molecule has 0 amide bonds. The summed E-state index contributed by atoms with van der Waals surface area (Å²) in [7, 11) is 0. The van der Waals surface area contributed by atoms with Crippen LogP contribution in [-0.2, 0) is 6.54 Å². The summed E-state index contributed by atoms with van der Waals surface area (Å²) in [5, 5.41) is 3.72. The van der Waals surface area contributed by atoms with Gasteiger partial charge in [-0.3, -0.25) is 9.47 Å². The summed E-state index contributed by atoms with van der Waals surface area (Å²) in [6.45, 7) is 3.22. The minimum absolute atomic E-state index is 0.451. The fourth-order valence-electron chi connectivity index (χ4n) is 5.78. The minimum Gasteiger partial charge on any atom is -0.383 e. The molecule has 5 heterocycles. The minimum atomic E-state index is 0.451. The molecule has 2 aliphatic heterocycles. The molecule has 2 aliphatic rings. The van der Waals surface area contributed by atoms with Crippen molar-refractivity contribution in [2.75, 3.05) is 18.8 Å². The smallest absolute Gasteiger partial charge is 0.165 e.